The minimum atomic E-state index is -3.63. The van der Waals surface area contributed by atoms with Gasteiger partial charge in [-0.25, -0.2) is 13.1 Å². The highest BCUT2D eigenvalue weighted by Gasteiger charge is 2.17. The van der Waals surface area contributed by atoms with Gasteiger partial charge in [-0.05, 0) is 68.1 Å². The van der Waals surface area contributed by atoms with Crippen molar-refractivity contribution >= 4 is 21.6 Å². The fourth-order valence-corrected chi connectivity index (χ4v) is 4.00. The van der Waals surface area contributed by atoms with Crippen molar-refractivity contribution in [3.05, 3.63) is 58.7 Å². The molecule has 0 atom stereocenters. The molecule has 0 aliphatic rings. The summed E-state index contributed by atoms with van der Waals surface area (Å²) in [5, 5.41) is 2.80. The van der Waals surface area contributed by atoms with Crippen molar-refractivity contribution in [1.82, 2.24) is 4.72 Å². The van der Waals surface area contributed by atoms with Crippen LogP contribution in [0.25, 0.3) is 0 Å². The van der Waals surface area contributed by atoms with Gasteiger partial charge in [0.15, 0.2) is 0 Å². The fraction of sp³-hybridized carbons (Fsp3) is 0.316. The number of carbonyl (C=O) groups excluding carboxylic acids is 1. The van der Waals surface area contributed by atoms with E-state index < -0.39 is 10.0 Å². The zero-order chi connectivity index (χ0) is 18.6. The average Bonchev–Trinajstić information content (AvgIpc) is 2.48. The molecule has 0 saturated heterocycles. The SMILES string of the molecule is Cc1cc(C)cc(NC(=O)CCNS(=O)(=O)c2cc(C)ccc2C)c1. The van der Waals surface area contributed by atoms with Crippen LogP contribution in [0.4, 0.5) is 5.69 Å². The molecule has 0 spiro atoms. The van der Waals surface area contributed by atoms with E-state index in [0.717, 1.165) is 22.4 Å². The third-order valence-corrected chi connectivity index (χ3v) is 5.39. The molecule has 0 aliphatic carbocycles. The molecule has 0 unspecified atom stereocenters. The monoisotopic (exact) mass is 360 g/mol. The molecule has 0 saturated carbocycles. The lowest BCUT2D eigenvalue weighted by atomic mass is 10.1. The molecule has 0 bridgehead atoms. The maximum absolute atomic E-state index is 12.4. The largest absolute Gasteiger partial charge is 0.326 e. The normalized spacial score (nSPS) is 11.4. The standard InChI is InChI=1S/C19H24N2O3S/c1-13-5-6-16(4)18(12-13)25(23,24)20-8-7-19(22)21-17-10-14(2)9-15(3)11-17/h5-6,9-12,20H,7-8H2,1-4H3,(H,21,22). The molecular weight excluding hydrogens is 336 g/mol. The van der Waals surface area contributed by atoms with E-state index in [1.165, 1.54) is 0 Å². The van der Waals surface area contributed by atoms with Crippen LogP contribution >= 0.6 is 0 Å². The van der Waals surface area contributed by atoms with Crippen molar-refractivity contribution < 1.29 is 13.2 Å². The molecule has 0 heterocycles. The number of aryl methyl sites for hydroxylation is 4. The lowest BCUT2D eigenvalue weighted by molar-refractivity contribution is -0.116. The number of anilines is 1. The summed E-state index contributed by atoms with van der Waals surface area (Å²) in [6.45, 7) is 7.56. The molecule has 0 radical (unpaired) electrons. The van der Waals surface area contributed by atoms with Gasteiger partial charge in [-0.1, -0.05) is 18.2 Å². The molecule has 2 rings (SSSR count). The number of benzene rings is 2. The van der Waals surface area contributed by atoms with Gasteiger partial charge in [0.1, 0.15) is 0 Å². The van der Waals surface area contributed by atoms with Gasteiger partial charge in [-0.2, -0.15) is 0 Å². The van der Waals surface area contributed by atoms with Crippen LogP contribution in [0.3, 0.4) is 0 Å². The first-order chi connectivity index (χ1) is 11.7. The second-order valence-electron chi connectivity index (χ2n) is 6.34. The van der Waals surface area contributed by atoms with Crippen LogP contribution in [0, 0.1) is 27.7 Å². The molecule has 0 aliphatic heterocycles. The minimum Gasteiger partial charge on any atom is -0.326 e. The maximum Gasteiger partial charge on any atom is 0.240 e. The predicted octanol–water partition coefficient (Wildman–Crippen LogP) is 3.23. The summed E-state index contributed by atoms with van der Waals surface area (Å²) in [5.41, 5.74) is 4.40. The van der Waals surface area contributed by atoms with E-state index in [-0.39, 0.29) is 23.8 Å². The van der Waals surface area contributed by atoms with Crippen LogP contribution in [0.5, 0.6) is 0 Å². The van der Waals surface area contributed by atoms with Gasteiger partial charge in [-0.3, -0.25) is 4.79 Å². The summed E-state index contributed by atoms with van der Waals surface area (Å²) in [6, 6.07) is 11.1. The topological polar surface area (TPSA) is 75.3 Å². The highest BCUT2D eigenvalue weighted by Crippen LogP contribution is 2.17. The second kappa shape index (κ2) is 7.80. The maximum atomic E-state index is 12.4. The molecule has 6 heteroatoms. The third-order valence-electron chi connectivity index (χ3n) is 3.78. The summed E-state index contributed by atoms with van der Waals surface area (Å²) in [5.74, 6) is -0.228. The van der Waals surface area contributed by atoms with Gasteiger partial charge in [0.2, 0.25) is 15.9 Å². The van der Waals surface area contributed by atoms with Gasteiger partial charge in [0.25, 0.3) is 0 Å². The number of rotatable bonds is 6. The molecular formula is C19H24N2O3S. The Morgan fingerprint density at radius 1 is 0.920 bits per heavy atom. The van der Waals surface area contributed by atoms with Crippen LogP contribution in [-0.4, -0.2) is 20.9 Å². The first-order valence-corrected chi connectivity index (χ1v) is 9.61. The van der Waals surface area contributed by atoms with Crippen molar-refractivity contribution in [1.29, 1.82) is 0 Å². The van der Waals surface area contributed by atoms with Crippen LogP contribution in [-0.2, 0) is 14.8 Å². The molecule has 2 N–H and O–H groups in total. The minimum absolute atomic E-state index is 0.0480. The van der Waals surface area contributed by atoms with E-state index in [1.54, 1.807) is 19.1 Å². The third kappa shape index (κ3) is 5.41. The van der Waals surface area contributed by atoms with E-state index in [9.17, 15) is 13.2 Å². The van der Waals surface area contributed by atoms with Crippen LogP contribution < -0.4 is 10.0 Å². The van der Waals surface area contributed by atoms with E-state index in [1.807, 2.05) is 45.0 Å². The molecule has 0 aromatic heterocycles. The molecule has 5 nitrogen and oxygen atoms in total. The van der Waals surface area contributed by atoms with E-state index in [2.05, 4.69) is 10.0 Å². The first kappa shape index (κ1) is 19.1. The highest BCUT2D eigenvalue weighted by molar-refractivity contribution is 7.89. The van der Waals surface area contributed by atoms with Gasteiger partial charge < -0.3 is 5.32 Å². The van der Waals surface area contributed by atoms with E-state index in [0.29, 0.717) is 5.56 Å². The van der Waals surface area contributed by atoms with Gasteiger partial charge >= 0.3 is 0 Å². The molecule has 2 aromatic rings. The summed E-state index contributed by atoms with van der Waals surface area (Å²) in [6.07, 6.45) is 0.0666. The number of amides is 1. The number of sulfonamides is 1. The van der Waals surface area contributed by atoms with E-state index in [4.69, 9.17) is 0 Å². The average molecular weight is 360 g/mol. The number of hydrogen-bond donors (Lipinski definition) is 2. The Kier molecular flexibility index (Phi) is 5.98. The Bertz CT molecular complexity index is 869. The Hall–Kier alpha value is -2.18. The summed E-state index contributed by atoms with van der Waals surface area (Å²) >= 11 is 0. The second-order valence-corrected chi connectivity index (χ2v) is 8.08. The Balaban J connectivity index is 1.95. The van der Waals surface area contributed by atoms with Crippen molar-refractivity contribution in [2.24, 2.45) is 0 Å². The molecule has 0 fully saturated rings. The van der Waals surface area contributed by atoms with Crippen molar-refractivity contribution in [3.8, 4) is 0 Å². The summed E-state index contributed by atoms with van der Waals surface area (Å²) < 4.78 is 27.3. The van der Waals surface area contributed by atoms with Crippen molar-refractivity contribution in [2.45, 2.75) is 39.0 Å². The highest BCUT2D eigenvalue weighted by atomic mass is 32.2. The van der Waals surface area contributed by atoms with Gasteiger partial charge in [-0.15, -0.1) is 0 Å². The quantitative estimate of drug-likeness (QED) is 0.830. The van der Waals surface area contributed by atoms with Crippen LogP contribution in [0.1, 0.15) is 28.7 Å². The lowest BCUT2D eigenvalue weighted by Crippen LogP contribution is -2.28. The van der Waals surface area contributed by atoms with Crippen molar-refractivity contribution in [2.75, 3.05) is 11.9 Å². The predicted molar refractivity (Wildman–Crippen MR) is 100 cm³/mol. The first-order valence-electron chi connectivity index (χ1n) is 8.12. The number of hydrogen-bond acceptors (Lipinski definition) is 3. The molecule has 2 aromatic carbocycles. The molecule has 1 amide bonds. The fourth-order valence-electron chi connectivity index (χ4n) is 2.64. The molecule has 134 valence electrons. The van der Waals surface area contributed by atoms with Crippen molar-refractivity contribution in [3.63, 3.8) is 0 Å². The van der Waals surface area contributed by atoms with E-state index >= 15 is 0 Å². The summed E-state index contributed by atoms with van der Waals surface area (Å²) in [4.78, 5) is 12.3. The van der Waals surface area contributed by atoms with Gasteiger partial charge in [0.05, 0.1) is 4.90 Å². The van der Waals surface area contributed by atoms with Crippen LogP contribution in [0.15, 0.2) is 41.3 Å². The van der Waals surface area contributed by atoms with Crippen LogP contribution in [0.2, 0.25) is 0 Å². The number of carbonyl (C=O) groups is 1. The Morgan fingerprint density at radius 3 is 2.20 bits per heavy atom. The summed E-state index contributed by atoms with van der Waals surface area (Å²) in [7, 11) is -3.63. The number of nitrogens with one attached hydrogen (secondary N) is 2. The van der Waals surface area contributed by atoms with Gasteiger partial charge in [0, 0.05) is 18.7 Å². The smallest absolute Gasteiger partial charge is 0.240 e. The Morgan fingerprint density at radius 2 is 1.56 bits per heavy atom. The molecule has 25 heavy (non-hydrogen) atoms. The zero-order valence-corrected chi connectivity index (χ0v) is 15.8. The lowest BCUT2D eigenvalue weighted by Gasteiger charge is -2.11. The zero-order valence-electron chi connectivity index (χ0n) is 15.0. The Labute approximate surface area is 149 Å².